The number of aromatic nitrogens is 1. The number of nitrogens with two attached hydrogens (primary N) is 1. The first-order valence-corrected chi connectivity index (χ1v) is 8.16. The highest BCUT2D eigenvalue weighted by atomic mass is 32.1. The number of carbonyl (C=O) groups excluding carboxylic acids is 1. The molecule has 2 rings (SSSR count). The SMILES string of the molecule is CCN(CC(C)(C)O)C(=O)c1sc(NC2CCC2)nc1N. The highest BCUT2D eigenvalue weighted by Crippen LogP contribution is 2.30. The third-order valence-corrected chi connectivity index (χ3v) is 4.52. The molecule has 1 aliphatic carbocycles. The first-order valence-electron chi connectivity index (χ1n) is 7.34. The summed E-state index contributed by atoms with van der Waals surface area (Å²) in [5.41, 5.74) is 4.95. The summed E-state index contributed by atoms with van der Waals surface area (Å²) < 4.78 is 0. The fourth-order valence-electron chi connectivity index (χ4n) is 2.21. The van der Waals surface area contributed by atoms with Crippen LogP contribution in [0.25, 0.3) is 0 Å². The van der Waals surface area contributed by atoms with Crippen LogP contribution < -0.4 is 11.1 Å². The van der Waals surface area contributed by atoms with Crippen molar-refractivity contribution in [1.82, 2.24) is 9.88 Å². The number of nitrogens with one attached hydrogen (secondary N) is 1. The van der Waals surface area contributed by atoms with Crippen molar-refractivity contribution in [3.8, 4) is 0 Å². The summed E-state index contributed by atoms with van der Waals surface area (Å²) in [4.78, 5) is 18.8. The molecule has 1 heterocycles. The van der Waals surface area contributed by atoms with E-state index in [1.54, 1.807) is 18.7 Å². The lowest BCUT2D eigenvalue weighted by molar-refractivity contribution is 0.0317. The van der Waals surface area contributed by atoms with Gasteiger partial charge in [-0.3, -0.25) is 4.79 Å². The Morgan fingerprint density at radius 3 is 2.71 bits per heavy atom. The van der Waals surface area contributed by atoms with E-state index in [1.165, 1.54) is 17.8 Å². The molecule has 0 radical (unpaired) electrons. The van der Waals surface area contributed by atoms with Crippen molar-refractivity contribution in [2.45, 2.75) is 51.7 Å². The van der Waals surface area contributed by atoms with Gasteiger partial charge in [-0.1, -0.05) is 11.3 Å². The fourth-order valence-corrected chi connectivity index (χ4v) is 3.14. The Hall–Kier alpha value is -1.34. The molecule has 0 saturated heterocycles. The topological polar surface area (TPSA) is 91.5 Å². The molecular weight excluding hydrogens is 288 g/mol. The minimum absolute atomic E-state index is 0.170. The van der Waals surface area contributed by atoms with E-state index < -0.39 is 5.60 Å². The second-order valence-corrected chi connectivity index (χ2v) is 7.14. The zero-order chi connectivity index (χ0) is 15.6. The Morgan fingerprint density at radius 2 is 2.24 bits per heavy atom. The molecule has 0 spiro atoms. The number of nitrogen functional groups attached to an aromatic ring is 1. The van der Waals surface area contributed by atoms with Crippen LogP contribution in [-0.4, -0.2) is 45.6 Å². The van der Waals surface area contributed by atoms with E-state index in [0.29, 0.717) is 22.6 Å². The zero-order valence-electron chi connectivity index (χ0n) is 12.8. The molecule has 1 aromatic rings. The fraction of sp³-hybridized carbons (Fsp3) is 0.714. The standard InChI is InChI=1S/C14H24N4O2S/c1-4-18(8-14(2,3)20)12(19)10-11(15)17-13(21-10)16-9-6-5-7-9/h9,20H,4-8,15H2,1-3H3,(H,16,17). The van der Waals surface area contributed by atoms with E-state index in [9.17, 15) is 9.90 Å². The number of thiazole rings is 1. The van der Waals surface area contributed by atoms with Gasteiger partial charge in [-0.05, 0) is 40.0 Å². The molecule has 0 unspecified atom stereocenters. The molecule has 21 heavy (non-hydrogen) atoms. The van der Waals surface area contributed by atoms with Gasteiger partial charge in [0.15, 0.2) is 5.13 Å². The van der Waals surface area contributed by atoms with Gasteiger partial charge in [0, 0.05) is 19.1 Å². The second kappa shape index (κ2) is 6.19. The predicted octanol–water partition coefficient (Wildman–Crippen LogP) is 1.92. The Kier molecular flexibility index (Phi) is 4.73. The van der Waals surface area contributed by atoms with Gasteiger partial charge >= 0.3 is 0 Å². The molecule has 7 heteroatoms. The molecule has 1 aromatic heterocycles. The summed E-state index contributed by atoms with van der Waals surface area (Å²) in [6.07, 6.45) is 3.52. The van der Waals surface area contributed by atoms with Crippen LogP contribution in [0.15, 0.2) is 0 Å². The second-order valence-electron chi connectivity index (χ2n) is 6.14. The molecule has 6 nitrogen and oxygen atoms in total. The molecule has 1 aliphatic rings. The first-order chi connectivity index (χ1) is 9.80. The number of hydrogen-bond donors (Lipinski definition) is 3. The van der Waals surface area contributed by atoms with Gasteiger partial charge in [-0.2, -0.15) is 0 Å². The minimum Gasteiger partial charge on any atom is -0.389 e. The highest BCUT2D eigenvalue weighted by molar-refractivity contribution is 7.18. The van der Waals surface area contributed by atoms with E-state index in [2.05, 4.69) is 10.3 Å². The van der Waals surface area contributed by atoms with Crippen molar-refractivity contribution < 1.29 is 9.90 Å². The summed E-state index contributed by atoms with van der Waals surface area (Å²) in [7, 11) is 0. The van der Waals surface area contributed by atoms with Gasteiger partial charge in [-0.25, -0.2) is 4.98 Å². The minimum atomic E-state index is -0.932. The van der Waals surface area contributed by atoms with Gasteiger partial charge in [0.2, 0.25) is 0 Å². The summed E-state index contributed by atoms with van der Waals surface area (Å²) in [6.45, 7) is 6.04. The highest BCUT2D eigenvalue weighted by Gasteiger charge is 2.27. The number of carbonyl (C=O) groups is 1. The molecule has 118 valence electrons. The van der Waals surface area contributed by atoms with Gasteiger partial charge in [-0.15, -0.1) is 0 Å². The first kappa shape index (κ1) is 16.0. The van der Waals surface area contributed by atoms with Gasteiger partial charge in [0.1, 0.15) is 10.7 Å². The smallest absolute Gasteiger partial charge is 0.267 e. The van der Waals surface area contributed by atoms with E-state index in [0.717, 1.165) is 12.8 Å². The summed E-state index contributed by atoms with van der Waals surface area (Å²) in [5, 5.41) is 13.9. The number of anilines is 2. The third kappa shape index (κ3) is 4.07. The number of nitrogens with zero attached hydrogens (tertiary/aromatic N) is 2. The molecule has 4 N–H and O–H groups in total. The van der Waals surface area contributed by atoms with Crippen LogP contribution in [0.2, 0.25) is 0 Å². The van der Waals surface area contributed by atoms with Gasteiger partial charge in [0.25, 0.3) is 5.91 Å². The number of hydrogen-bond acceptors (Lipinski definition) is 6. The molecule has 1 fully saturated rings. The third-order valence-electron chi connectivity index (χ3n) is 3.53. The van der Waals surface area contributed by atoms with E-state index in [1.807, 2.05) is 6.92 Å². The largest absolute Gasteiger partial charge is 0.389 e. The van der Waals surface area contributed by atoms with Crippen LogP contribution in [-0.2, 0) is 0 Å². The van der Waals surface area contributed by atoms with Crippen molar-refractivity contribution in [1.29, 1.82) is 0 Å². The number of likely N-dealkylation sites (N-methyl/N-ethyl adjacent to an activating group) is 1. The number of rotatable bonds is 6. The molecule has 1 amide bonds. The monoisotopic (exact) mass is 312 g/mol. The van der Waals surface area contributed by atoms with E-state index >= 15 is 0 Å². The summed E-state index contributed by atoms with van der Waals surface area (Å²) in [6, 6.07) is 0.456. The molecule has 0 atom stereocenters. The van der Waals surface area contributed by atoms with Crippen LogP contribution in [0.4, 0.5) is 10.9 Å². The Balaban J connectivity index is 2.09. The summed E-state index contributed by atoms with van der Waals surface area (Å²) in [5.74, 6) is 0.0947. The maximum absolute atomic E-state index is 12.5. The van der Waals surface area contributed by atoms with Crippen LogP contribution in [0, 0.1) is 0 Å². The van der Waals surface area contributed by atoms with Crippen molar-refractivity contribution in [2.75, 3.05) is 24.1 Å². The molecule has 1 saturated carbocycles. The quantitative estimate of drug-likeness (QED) is 0.746. The van der Waals surface area contributed by atoms with Crippen molar-refractivity contribution in [3.63, 3.8) is 0 Å². The lowest BCUT2D eigenvalue weighted by atomic mass is 9.93. The predicted molar refractivity (Wildman–Crippen MR) is 85.7 cm³/mol. The van der Waals surface area contributed by atoms with Gasteiger partial charge in [0.05, 0.1) is 5.60 Å². The van der Waals surface area contributed by atoms with Crippen molar-refractivity contribution in [2.24, 2.45) is 0 Å². The van der Waals surface area contributed by atoms with Crippen LogP contribution in [0.5, 0.6) is 0 Å². The molecule has 0 aromatic carbocycles. The van der Waals surface area contributed by atoms with Crippen LogP contribution >= 0.6 is 11.3 Å². The van der Waals surface area contributed by atoms with Crippen LogP contribution in [0.1, 0.15) is 49.7 Å². The van der Waals surface area contributed by atoms with Crippen LogP contribution in [0.3, 0.4) is 0 Å². The zero-order valence-corrected chi connectivity index (χ0v) is 13.7. The van der Waals surface area contributed by atoms with Crippen molar-refractivity contribution >= 4 is 28.2 Å². The Labute approximate surface area is 129 Å². The van der Waals surface area contributed by atoms with E-state index in [-0.39, 0.29) is 18.3 Å². The number of aliphatic hydroxyl groups is 1. The maximum atomic E-state index is 12.5. The molecule has 0 aliphatic heterocycles. The Morgan fingerprint density at radius 1 is 1.57 bits per heavy atom. The summed E-state index contributed by atoms with van der Waals surface area (Å²) >= 11 is 1.29. The lowest BCUT2D eigenvalue weighted by Gasteiger charge is -2.27. The molecule has 0 bridgehead atoms. The van der Waals surface area contributed by atoms with E-state index in [4.69, 9.17) is 5.73 Å². The average molecular weight is 312 g/mol. The average Bonchev–Trinajstić information content (AvgIpc) is 2.70. The maximum Gasteiger partial charge on any atom is 0.267 e. The van der Waals surface area contributed by atoms with Gasteiger partial charge < -0.3 is 21.1 Å². The lowest BCUT2D eigenvalue weighted by Crippen LogP contribution is -2.42. The molecular formula is C14H24N4O2S. The Bertz CT molecular complexity index is 506. The normalized spacial score (nSPS) is 15.6. The van der Waals surface area contributed by atoms with Crippen molar-refractivity contribution in [3.05, 3.63) is 4.88 Å². The number of amides is 1.